The average Bonchev–Trinajstić information content (AvgIpc) is 3.81. The number of benzene rings is 6. The summed E-state index contributed by atoms with van der Waals surface area (Å²) in [5.74, 6) is 0.746. The van der Waals surface area contributed by atoms with Crippen molar-refractivity contribution in [3.63, 3.8) is 0 Å². The predicted octanol–water partition coefficient (Wildman–Crippen LogP) is 11.4. The van der Waals surface area contributed by atoms with Gasteiger partial charge in [-0.3, -0.25) is 0 Å². The molecule has 6 aromatic carbocycles. The van der Waals surface area contributed by atoms with Crippen molar-refractivity contribution >= 4 is 44.9 Å². The summed E-state index contributed by atoms with van der Waals surface area (Å²) in [6, 6.07) is 50.3. The minimum Gasteiger partial charge on any atom is -0.310 e. The summed E-state index contributed by atoms with van der Waals surface area (Å²) in [7, 11) is 0. The minimum absolute atomic E-state index is 0.00512. The van der Waals surface area contributed by atoms with Crippen LogP contribution in [-0.4, -0.2) is 9.13 Å². The third kappa shape index (κ3) is 4.51. The van der Waals surface area contributed by atoms with E-state index in [0.29, 0.717) is 11.8 Å². The molecular weight excluding hydrogens is 641 g/mol. The van der Waals surface area contributed by atoms with Gasteiger partial charge in [-0.2, -0.15) is 0 Å². The molecule has 11 rings (SSSR count). The smallest absolute Gasteiger partial charge is 0.0541 e. The summed E-state index contributed by atoms with van der Waals surface area (Å²) in [6.45, 7) is 4.70. The van der Waals surface area contributed by atoms with Crippen LogP contribution < -0.4 is 10.6 Å². The third-order valence-electron chi connectivity index (χ3n) is 12.4. The second-order valence-corrected chi connectivity index (χ2v) is 15.6. The average molecular weight is 681 g/mol. The zero-order valence-corrected chi connectivity index (χ0v) is 30.1. The fourth-order valence-corrected chi connectivity index (χ4v) is 9.72. The Bertz CT molecular complexity index is 2980. The molecule has 2 atom stereocenters. The van der Waals surface area contributed by atoms with Gasteiger partial charge in [0.1, 0.15) is 0 Å². The van der Waals surface area contributed by atoms with E-state index in [9.17, 15) is 0 Å². The summed E-state index contributed by atoms with van der Waals surface area (Å²) in [5.41, 5.74) is 14.4. The number of allylic oxidation sites excluding steroid dienone is 4. The Balaban J connectivity index is 1.02. The fraction of sp³-hybridized carbons (Fsp3) is 0.137. The summed E-state index contributed by atoms with van der Waals surface area (Å²) in [4.78, 5) is 0. The van der Waals surface area contributed by atoms with Crippen LogP contribution in [0, 0.1) is 0 Å². The van der Waals surface area contributed by atoms with Gasteiger partial charge in [0.25, 0.3) is 0 Å². The predicted molar refractivity (Wildman–Crippen MR) is 223 cm³/mol. The number of nitrogens with zero attached hydrogens (tertiary/aromatic N) is 2. The van der Waals surface area contributed by atoms with Crippen molar-refractivity contribution in [3.8, 4) is 22.5 Å². The van der Waals surface area contributed by atoms with Gasteiger partial charge >= 0.3 is 0 Å². The first kappa shape index (κ1) is 30.5. The van der Waals surface area contributed by atoms with E-state index in [0.717, 1.165) is 12.8 Å². The fourth-order valence-electron chi connectivity index (χ4n) is 9.72. The van der Waals surface area contributed by atoms with Crippen LogP contribution in [0.15, 0.2) is 158 Å². The summed E-state index contributed by atoms with van der Waals surface area (Å²) in [6.07, 6.45) is 15.9. The van der Waals surface area contributed by atoms with E-state index < -0.39 is 0 Å². The second kappa shape index (κ2) is 11.4. The van der Waals surface area contributed by atoms with Crippen LogP contribution >= 0.6 is 0 Å². The molecule has 2 nitrogen and oxygen atoms in total. The molecule has 0 saturated heterocycles. The molecule has 0 aliphatic heterocycles. The quantitative estimate of drug-likeness (QED) is 0.175. The summed E-state index contributed by atoms with van der Waals surface area (Å²) >= 11 is 0. The van der Waals surface area contributed by atoms with E-state index in [1.165, 1.54) is 88.0 Å². The highest BCUT2D eigenvalue weighted by Gasteiger charge is 2.35. The van der Waals surface area contributed by atoms with E-state index in [4.69, 9.17) is 0 Å². The van der Waals surface area contributed by atoms with Crippen LogP contribution in [-0.2, 0) is 5.41 Å². The topological polar surface area (TPSA) is 9.86 Å². The Morgan fingerprint density at radius 2 is 1.23 bits per heavy atom. The first-order chi connectivity index (χ1) is 26.0. The van der Waals surface area contributed by atoms with Gasteiger partial charge in [0.2, 0.25) is 0 Å². The lowest BCUT2D eigenvalue weighted by molar-refractivity contribution is 0.660. The van der Waals surface area contributed by atoms with E-state index in [1.54, 1.807) is 0 Å². The zero-order valence-electron chi connectivity index (χ0n) is 30.1. The van der Waals surface area contributed by atoms with Crippen molar-refractivity contribution in [3.05, 3.63) is 191 Å². The van der Waals surface area contributed by atoms with Crippen LogP contribution in [0.5, 0.6) is 0 Å². The number of aromatic nitrogens is 2. The minimum atomic E-state index is -0.00512. The second-order valence-electron chi connectivity index (χ2n) is 15.6. The van der Waals surface area contributed by atoms with Crippen molar-refractivity contribution in [2.24, 2.45) is 0 Å². The largest absolute Gasteiger partial charge is 0.310 e. The Kier molecular flexibility index (Phi) is 6.58. The first-order valence-corrected chi connectivity index (χ1v) is 19.1. The third-order valence-corrected chi connectivity index (χ3v) is 12.4. The molecule has 254 valence electrons. The number of para-hydroxylation sites is 2. The van der Waals surface area contributed by atoms with Gasteiger partial charge in [0.15, 0.2) is 0 Å². The first-order valence-electron chi connectivity index (χ1n) is 19.1. The molecule has 0 N–H and O–H groups in total. The Morgan fingerprint density at radius 3 is 2.06 bits per heavy atom. The van der Waals surface area contributed by atoms with Crippen molar-refractivity contribution in [2.75, 3.05) is 0 Å². The Morgan fingerprint density at radius 1 is 0.528 bits per heavy atom. The Labute approximate surface area is 310 Å². The van der Waals surface area contributed by atoms with E-state index in [-0.39, 0.29) is 5.41 Å². The van der Waals surface area contributed by atoms with Gasteiger partial charge in [-0.15, -0.1) is 0 Å². The van der Waals surface area contributed by atoms with E-state index in [1.807, 2.05) is 0 Å². The zero-order chi connectivity index (χ0) is 35.3. The maximum absolute atomic E-state index is 2.53. The van der Waals surface area contributed by atoms with Gasteiger partial charge < -0.3 is 9.13 Å². The maximum Gasteiger partial charge on any atom is 0.0541 e. The standard InChI is InChI=1S/C51H40N2/c1-51(2)45-17-9-6-14-39(45)42-32-38(26-27-46(42)51)53-48-19-11-8-16-41(48)44-31-36(23-29-50(44)53)35-22-28-49-43(30-35)40-15-7-10-18-47(40)52(49)37-24-20-34(21-25-37)33-12-4-3-5-13-33/h3-12,14-21,23-33,35H,13,22H2,1-2H3. The van der Waals surface area contributed by atoms with Gasteiger partial charge in [-0.05, 0) is 94.8 Å². The number of hydrogen-bond donors (Lipinski definition) is 0. The molecule has 0 bridgehead atoms. The van der Waals surface area contributed by atoms with Crippen LogP contribution in [0.4, 0.5) is 0 Å². The van der Waals surface area contributed by atoms with Crippen LogP contribution in [0.1, 0.15) is 60.8 Å². The highest BCUT2D eigenvalue weighted by molar-refractivity contribution is 6.09. The van der Waals surface area contributed by atoms with Crippen LogP contribution in [0.2, 0.25) is 0 Å². The van der Waals surface area contributed by atoms with Gasteiger partial charge in [0, 0.05) is 55.4 Å². The van der Waals surface area contributed by atoms with Crippen molar-refractivity contribution in [1.82, 2.24) is 9.13 Å². The number of rotatable bonds is 4. The van der Waals surface area contributed by atoms with Crippen molar-refractivity contribution < 1.29 is 0 Å². The highest BCUT2D eigenvalue weighted by atomic mass is 15.0. The molecule has 2 heteroatoms. The molecule has 0 amide bonds. The lowest BCUT2D eigenvalue weighted by atomic mass is 9.82. The van der Waals surface area contributed by atoms with E-state index >= 15 is 0 Å². The molecular formula is C51H40N2. The van der Waals surface area contributed by atoms with Gasteiger partial charge in [0.05, 0.1) is 16.6 Å². The SMILES string of the molecule is CC1(C)c2ccccc2-c2cc(-n3c4ccccc4c4cc(C5C=c6c(n(-c7ccc(C8C=CC=CC8)cc7)c7ccccc67)=CC5)ccc43)ccc21. The summed E-state index contributed by atoms with van der Waals surface area (Å²) in [5, 5.41) is 6.56. The van der Waals surface area contributed by atoms with Crippen LogP contribution in [0.25, 0.3) is 67.4 Å². The van der Waals surface area contributed by atoms with Gasteiger partial charge in [-0.1, -0.05) is 135 Å². The molecule has 0 fully saturated rings. The molecule has 53 heavy (non-hydrogen) atoms. The van der Waals surface area contributed by atoms with Crippen LogP contribution in [0.3, 0.4) is 0 Å². The Hall–Kier alpha value is -6.12. The molecule has 0 radical (unpaired) electrons. The van der Waals surface area contributed by atoms with Crippen molar-refractivity contribution in [2.45, 2.75) is 43.9 Å². The normalized spacial score (nSPS) is 18.2. The molecule has 3 aliphatic rings. The molecule has 8 aromatic rings. The molecule has 2 aromatic heterocycles. The maximum atomic E-state index is 2.53. The van der Waals surface area contributed by atoms with Gasteiger partial charge in [-0.25, -0.2) is 0 Å². The summed E-state index contributed by atoms with van der Waals surface area (Å²) < 4.78 is 4.93. The number of hydrogen-bond acceptors (Lipinski definition) is 0. The van der Waals surface area contributed by atoms with Crippen molar-refractivity contribution in [1.29, 1.82) is 0 Å². The molecule has 3 aliphatic carbocycles. The molecule has 0 saturated carbocycles. The highest BCUT2D eigenvalue weighted by Crippen LogP contribution is 2.49. The molecule has 0 spiro atoms. The lowest BCUT2D eigenvalue weighted by Crippen LogP contribution is -2.31. The monoisotopic (exact) mass is 680 g/mol. The molecule has 2 unspecified atom stereocenters. The molecule has 2 heterocycles. The number of fused-ring (bicyclic) bond motifs is 9. The lowest BCUT2D eigenvalue weighted by Gasteiger charge is -2.21. The van der Waals surface area contributed by atoms with E-state index in [2.05, 4.69) is 193 Å².